The Morgan fingerprint density at radius 1 is 1.33 bits per heavy atom. The van der Waals surface area contributed by atoms with Gasteiger partial charge in [-0.15, -0.1) is 12.4 Å². The first-order chi connectivity index (χ1) is 12.7. The Labute approximate surface area is 163 Å². The Morgan fingerprint density at radius 3 is 2.93 bits per heavy atom. The molecule has 1 saturated heterocycles. The van der Waals surface area contributed by atoms with E-state index in [-0.39, 0.29) is 24.2 Å². The van der Waals surface area contributed by atoms with E-state index in [4.69, 9.17) is 4.74 Å². The number of anilines is 2. The molecule has 1 fully saturated rings. The minimum absolute atomic E-state index is 0. The summed E-state index contributed by atoms with van der Waals surface area (Å²) in [6.45, 7) is 2.20. The van der Waals surface area contributed by atoms with Crippen LogP contribution in [0.1, 0.15) is 34.6 Å². The quantitative estimate of drug-likeness (QED) is 0.738. The van der Waals surface area contributed by atoms with Crippen molar-refractivity contribution < 1.29 is 14.3 Å². The minimum atomic E-state index is -0.266. The molecular weight excluding hydrogens is 370 g/mol. The molecule has 2 amide bonds. The molecule has 1 aromatic heterocycles. The van der Waals surface area contributed by atoms with Crippen molar-refractivity contribution in [2.45, 2.75) is 25.8 Å². The normalized spacial score (nSPS) is 15.9. The van der Waals surface area contributed by atoms with E-state index < -0.39 is 0 Å². The van der Waals surface area contributed by atoms with Crippen molar-refractivity contribution in [3.05, 3.63) is 35.2 Å². The van der Waals surface area contributed by atoms with Gasteiger partial charge in [-0.3, -0.25) is 14.7 Å². The third kappa shape index (κ3) is 3.63. The Balaban J connectivity index is 0.00000210. The third-order valence-corrected chi connectivity index (χ3v) is 4.82. The van der Waals surface area contributed by atoms with Crippen molar-refractivity contribution in [3.63, 3.8) is 0 Å². The number of aromatic amines is 1. The number of nitrogens with one attached hydrogen (secondary N) is 3. The molecule has 0 radical (unpaired) electrons. The largest absolute Gasteiger partial charge is 0.494 e. The van der Waals surface area contributed by atoms with Gasteiger partial charge in [0.1, 0.15) is 5.75 Å². The summed E-state index contributed by atoms with van der Waals surface area (Å²) in [7, 11) is 1.56. The number of rotatable bonds is 4. The number of aromatic nitrogens is 2. The number of benzene rings is 1. The van der Waals surface area contributed by atoms with Gasteiger partial charge in [0.25, 0.3) is 5.91 Å². The fourth-order valence-electron chi connectivity index (χ4n) is 3.48. The fraction of sp³-hybridized carbons (Fsp3) is 0.389. The van der Waals surface area contributed by atoms with Crippen LogP contribution >= 0.6 is 12.4 Å². The number of nitrogens with zero attached hydrogens (tertiary/aromatic N) is 2. The number of halogens is 1. The van der Waals surface area contributed by atoms with Crippen LogP contribution in [0, 0.1) is 0 Å². The lowest BCUT2D eigenvalue weighted by atomic mass is 10.1. The van der Waals surface area contributed by atoms with Gasteiger partial charge in [-0.2, -0.15) is 5.10 Å². The van der Waals surface area contributed by atoms with Gasteiger partial charge in [-0.1, -0.05) is 0 Å². The van der Waals surface area contributed by atoms with E-state index >= 15 is 0 Å². The highest BCUT2D eigenvalue weighted by molar-refractivity contribution is 6.04. The Morgan fingerprint density at radius 2 is 2.19 bits per heavy atom. The van der Waals surface area contributed by atoms with Crippen LogP contribution in [-0.2, 0) is 17.8 Å². The Hall–Kier alpha value is -2.58. The second-order valence-corrected chi connectivity index (χ2v) is 6.45. The summed E-state index contributed by atoms with van der Waals surface area (Å²) in [6, 6.07) is 5.31. The zero-order valence-electron chi connectivity index (χ0n) is 15.0. The highest BCUT2D eigenvalue weighted by Crippen LogP contribution is 2.34. The third-order valence-electron chi connectivity index (χ3n) is 4.82. The molecule has 0 spiro atoms. The molecule has 27 heavy (non-hydrogen) atoms. The summed E-state index contributed by atoms with van der Waals surface area (Å²) in [5.41, 5.74) is 3.66. The maximum atomic E-state index is 12.6. The minimum Gasteiger partial charge on any atom is -0.494 e. The molecule has 8 nitrogen and oxygen atoms in total. The number of amides is 2. The smallest absolute Gasteiger partial charge is 0.276 e. The van der Waals surface area contributed by atoms with Crippen molar-refractivity contribution in [1.29, 1.82) is 0 Å². The van der Waals surface area contributed by atoms with Gasteiger partial charge >= 0.3 is 0 Å². The number of methoxy groups -OCH3 is 1. The predicted octanol–water partition coefficient (Wildman–Crippen LogP) is 1.86. The highest BCUT2D eigenvalue weighted by atomic mass is 35.5. The molecule has 1 aromatic carbocycles. The number of carbonyl (C=O) groups is 2. The number of hydrogen-bond donors (Lipinski definition) is 3. The molecule has 0 saturated carbocycles. The van der Waals surface area contributed by atoms with E-state index in [1.165, 1.54) is 0 Å². The van der Waals surface area contributed by atoms with E-state index in [1.807, 2.05) is 0 Å². The van der Waals surface area contributed by atoms with Gasteiger partial charge in [0.15, 0.2) is 5.69 Å². The zero-order chi connectivity index (χ0) is 18.1. The summed E-state index contributed by atoms with van der Waals surface area (Å²) in [6.07, 6.45) is 2.24. The van der Waals surface area contributed by atoms with Crippen LogP contribution in [0.4, 0.5) is 11.4 Å². The van der Waals surface area contributed by atoms with Crippen LogP contribution in [0.3, 0.4) is 0 Å². The number of carbonyl (C=O) groups excluding carboxylic acids is 2. The van der Waals surface area contributed by atoms with E-state index in [0.717, 1.165) is 36.3 Å². The van der Waals surface area contributed by atoms with Gasteiger partial charge in [0.05, 0.1) is 12.8 Å². The number of fused-ring (bicyclic) bond motifs is 1. The molecule has 0 unspecified atom stereocenters. The van der Waals surface area contributed by atoms with E-state index in [0.29, 0.717) is 36.6 Å². The van der Waals surface area contributed by atoms with Gasteiger partial charge < -0.3 is 20.3 Å². The summed E-state index contributed by atoms with van der Waals surface area (Å²) in [4.78, 5) is 26.3. The molecule has 0 aliphatic carbocycles. The first-order valence-corrected chi connectivity index (χ1v) is 8.74. The van der Waals surface area contributed by atoms with Gasteiger partial charge in [-0.05, 0) is 18.6 Å². The van der Waals surface area contributed by atoms with Crippen LogP contribution in [0.5, 0.6) is 5.75 Å². The summed E-state index contributed by atoms with van der Waals surface area (Å²) in [5, 5.41) is 13.2. The highest BCUT2D eigenvalue weighted by Gasteiger charge is 2.25. The monoisotopic (exact) mass is 391 g/mol. The van der Waals surface area contributed by atoms with Crippen molar-refractivity contribution in [2.24, 2.45) is 0 Å². The molecule has 3 N–H and O–H groups in total. The molecule has 0 bridgehead atoms. The second kappa shape index (κ2) is 7.98. The van der Waals surface area contributed by atoms with Gasteiger partial charge in [-0.25, -0.2) is 0 Å². The first kappa shape index (κ1) is 19.2. The molecule has 3 heterocycles. The number of hydrogen-bond acceptors (Lipinski definition) is 5. The Kier molecular flexibility index (Phi) is 5.67. The lowest BCUT2D eigenvalue weighted by molar-refractivity contribution is -0.117. The van der Waals surface area contributed by atoms with Crippen LogP contribution in [0.15, 0.2) is 18.2 Å². The van der Waals surface area contributed by atoms with Crippen molar-refractivity contribution >= 4 is 35.6 Å². The first-order valence-electron chi connectivity index (χ1n) is 8.74. The zero-order valence-corrected chi connectivity index (χ0v) is 15.8. The van der Waals surface area contributed by atoms with Gasteiger partial charge in [0, 0.05) is 55.5 Å². The molecule has 2 aromatic rings. The summed E-state index contributed by atoms with van der Waals surface area (Å²) >= 11 is 0. The lowest BCUT2D eigenvalue weighted by Gasteiger charge is -2.19. The Bertz CT molecular complexity index is 867. The van der Waals surface area contributed by atoms with Crippen LogP contribution in [-0.4, -0.2) is 42.2 Å². The fourth-order valence-corrected chi connectivity index (χ4v) is 3.48. The average Bonchev–Trinajstić information content (AvgIpc) is 3.27. The summed E-state index contributed by atoms with van der Waals surface area (Å²) in [5.74, 6) is 0.387. The molecular formula is C18H22ClN5O3. The SMILES string of the molecule is COc1cc(NC(=O)c2n[nH]c3c2CNCC3)ccc1N1CCCC1=O.Cl. The molecule has 144 valence electrons. The second-order valence-electron chi connectivity index (χ2n) is 6.45. The average molecular weight is 392 g/mol. The van der Waals surface area contributed by atoms with Crippen molar-refractivity contribution in [2.75, 3.05) is 30.4 Å². The van der Waals surface area contributed by atoms with E-state index in [2.05, 4.69) is 20.8 Å². The van der Waals surface area contributed by atoms with Crippen molar-refractivity contribution in [3.8, 4) is 5.75 Å². The standard InChI is InChI=1S/C18H21N5O3.ClH/c1-26-15-9-11(4-5-14(15)23-8-2-3-16(23)24)20-18(25)17-12-10-19-7-6-13(12)21-22-17;/h4-5,9,19H,2-3,6-8,10H2,1H3,(H,20,25)(H,21,22);1H. The topological polar surface area (TPSA) is 99.3 Å². The lowest BCUT2D eigenvalue weighted by Crippen LogP contribution is -2.25. The maximum Gasteiger partial charge on any atom is 0.276 e. The summed E-state index contributed by atoms with van der Waals surface area (Å²) < 4.78 is 5.43. The predicted molar refractivity (Wildman–Crippen MR) is 104 cm³/mol. The van der Waals surface area contributed by atoms with Crippen LogP contribution in [0.25, 0.3) is 0 Å². The van der Waals surface area contributed by atoms with E-state index in [1.54, 1.807) is 30.2 Å². The van der Waals surface area contributed by atoms with Crippen LogP contribution < -0.4 is 20.3 Å². The number of H-pyrrole nitrogens is 1. The molecule has 9 heteroatoms. The molecule has 0 atom stereocenters. The maximum absolute atomic E-state index is 12.6. The van der Waals surface area contributed by atoms with Gasteiger partial charge in [0.2, 0.25) is 5.91 Å². The van der Waals surface area contributed by atoms with E-state index in [9.17, 15) is 9.59 Å². The van der Waals surface area contributed by atoms with Crippen molar-refractivity contribution in [1.82, 2.24) is 15.5 Å². The number of ether oxygens (including phenoxy) is 1. The van der Waals surface area contributed by atoms with Crippen LogP contribution in [0.2, 0.25) is 0 Å². The molecule has 2 aliphatic heterocycles. The molecule has 2 aliphatic rings. The molecule has 4 rings (SSSR count).